The first-order valence-corrected chi connectivity index (χ1v) is 7.37. The molecule has 0 bridgehead atoms. The van der Waals surface area contributed by atoms with Gasteiger partial charge in [-0.05, 0) is 24.9 Å². The van der Waals surface area contributed by atoms with E-state index < -0.39 is 17.7 Å². The van der Waals surface area contributed by atoms with Crippen LogP contribution in [-0.2, 0) is 4.79 Å². The zero-order valence-corrected chi connectivity index (χ0v) is 11.6. The van der Waals surface area contributed by atoms with Gasteiger partial charge in [-0.2, -0.15) is 11.8 Å². The number of nitrogens with two attached hydrogens (primary N) is 1. The lowest BCUT2D eigenvalue weighted by molar-refractivity contribution is -0.157. The van der Waals surface area contributed by atoms with Gasteiger partial charge in [0.05, 0.1) is 18.7 Å². The Bertz CT molecular complexity index is 319. The van der Waals surface area contributed by atoms with Gasteiger partial charge in [-0.1, -0.05) is 6.92 Å². The monoisotopic (exact) mass is 275 g/mol. The quantitative estimate of drug-likeness (QED) is 0.623. The average molecular weight is 275 g/mol. The molecule has 1 heterocycles. The minimum atomic E-state index is -0.758. The van der Waals surface area contributed by atoms with Crippen molar-refractivity contribution in [2.45, 2.75) is 31.4 Å². The van der Waals surface area contributed by atoms with Crippen molar-refractivity contribution in [1.82, 2.24) is 10.2 Å². The number of rotatable bonds is 6. The van der Waals surface area contributed by atoms with E-state index in [0.29, 0.717) is 25.9 Å². The summed E-state index contributed by atoms with van der Waals surface area (Å²) in [6, 6.07) is -1.28. The number of hydrogen-bond donors (Lipinski definition) is 3. The second kappa shape index (κ2) is 6.29. The predicted molar refractivity (Wildman–Crippen MR) is 71.3 cm³/mol. The van der Waals surface area contributed by atoms with E-state index in [1.54, 1.807) is 16.7 Å². The van der Waals surface area contributed by atoms with E-state index in [9.17, 15) is 14.7 Å². The molecule has 104 valence electrons. The predicted octanol–water partition coefficient (Wildman–Crippen LogP) is -0.240. The van der Waals surface area contributed by atoms with E-state index in [1.807, 2.05) is 13.2 Å². The number of thioether (sulfide) groups is 1. The molecule has 1 fully saturated rings. The number of carbonyl (C=O) groups is 2. The Morgan fingerprint density at radius 3 is 2.61 bits per heavy atom. The van der Waals surface area contributed by atoms with Gasteiger partial charge in [-0.15, -0.1) is 0 Å². The Morgan fingerprint density at radius 2 is 2.17 bits per heavy atom. The van der Waals surface area contributed by atoms with Crippen LogP contribution in [0.15, 0.2) is 0 Å². The molecule has 1 aliphatic rings. The number of aliphatic hydroxyl groups is 1. The summed E-state index contributed by atoms with van der Waals surface area (Å²) in [5.74, 6) is 0.601. The van der Waals surface area contributed by atoms with Crippen LogP contribution in [-0.4, -0.2) is 58.7 Å². The molecule has 1 atom stereocenters. The van der Waals surface area contributed by atoms with Crippen molar-refractivity contribution in [3.05, 3.63) is 0 Å². The number of primary amides is 1. The average Bonchev–Trinajstić information content (AvgIpc) is 2.29. The fraction of sp³-hybridized carbons (Fsp3) is 0.818. The highest BCUT2D eigenvalue weighted by molar-refractivity contribution is 7.98. The lowest BCUT2D eigenvalue weighted by Crippen LogP contribution is -2.66. The van der Waals surface area contributed by atoms with Gasteiger partial charge in [0.2, 0.25) is 5.91 Å². The molecule has 0 aromatic heterocycles. The van der Waals surface area contributed by atoms with Crippen LogP contribution in [0.3, 0.4) is 0 Å². The summed E-state index contributed by atoms with van der Waals surface area (Å²) in [6.45, 7) is 2.55. The van der Waals surface area contributed by atoms with E-state index in [4.69, 9.17) is 5.73 Å². The molecular formula is C11H21N3O3S. The van der Waals surface area contributed by atoms with E-state index >= 15 is 0 Å². The minimum Gasteiger partial charge on any atom is -0.386 e. The summed E-state index contributed by atoms with van der Waals surface area (Å²) in [7, 11) is 0. The van der Waals surface area contributed by atoms with E-state index in [2.05, 4.69) is 5.32 Å². The highest BCUT2D eigenvalue weighted by atomic mass is 32.2. The number of likely N-dealkylation sites (tertiary alicyclic amines) is 1. The fourth-order valence-corrected chi connectivity index (χ4v) is 2.40. The summed E-state index contributed by atoms with van der Waals surface area (Å²) >= 11 is 1.60. The van der Waals surface area contributed by atoms with Gasteiger partial charge in [0.1, 0.15) is 6.04 Å². The van der Waals surface area contributed by atoms with Crippen molar-refractivity contribution >= 4 is 23.7 Å². The molecule has 1 unspecified atom stereocenters. The number of amides is 3. The van der Waals surface area contributed by atoms with Gasteiger partial charge in [0, 0.05) is 0 Å². The van der Waals surface area contributed by atoms with E-state index in [1.165, 1.54) is 0 Å². The van der Waals surface area contributed by atoms with Crippen molar-refractivity contribution < 1.29 is 14.7 Å². The second-order valence-electron chi connectivity index (χ2n) is 4.61. The standard InChI is InChI=1S/C11H21N3O3S/c1-3-11(17)6-14(7-11)9(15)8(4-5-18-2)13-10(12)16/h8,17H,3-7H2,1-2H3,(H3,12,13,16). The van der Waals surface area contributed by atoms with Crippen molar-refractivity contribution in [2.24, 2.45) is 5.73 Å². The number of β-amino-alcohol motifs (C(OH)–C–C–N with tert-alkyl or cyclic N) is 1. The molecule has 0 saturated carbocycles. The normalized spacial score (nSPS) is 18.9. The summed E-state index contributed by atoms with van der Waals surface area (Å²) in [4.78, 5) is 24.5. The van der Waals surface area contributed by atoms with Crippen LogP contribution >= 0.6 is 11.8 Å². The molecule has 0 aromatic rings. The number of nitrogens with zero attached hydrogens (tertiary/aromatic N) is 1. The third kappa shape index (κ3) is 3.78. The first-order chi connectivity index (χ1) is 8.41. The second-order valence-corrected chi connectivity index (χ2v) is 5.60. The van der Waals surface area contributed by atoms with Gasteiger partial charge in [-0.25, -0.2) is 4.79 Å². The zero-order chi connectivity index (χ0) is 13.8. The van der Waals surface area contributed by atoms with Crippen LogP contribution in [0.5, 0.6) is 0 Å². The topological polar surface area (TPSA) is 95.7 Å². The van der Waals surface area contributed by atoms with Crippen LogP contribution in [0.2, 0.25) is 0 Å². The van der Waals surface area contributed by atoms with E-state index in [-0.39, 0.29) is 5.91 Å². The smallest absolute Gasteiger partial charge is 0.312 e. The number of nitrogens with one attached hydrogen (secondary N) is 1. The third-order valence-corrected chi connectivity index (χ3v) is 3.81. The Labute approximate surface area is 111 Å². The maximum Gasteiger partial charge on any atom is 0.312 e. The molecule has 6 nitrogen and oxygen atoms in total. The van der Waals surface area contributed by atoms with Gasteiger partial charge in [-0.3, -0.25) is 4.79 Å². The lowest BCUT2D eigenvalue weighted by Gasteiger charge is -2.47. The molecule has 7 heteroatoms. The number of urea groups is 1. The molecule has 3 amide bonds. The van der Waals surface area contributed by atoms with Crippen LogP contribution < -0.4 is 11.1 Å². The first-order valence-electron chi connectivity index (χ1n) is 5.98. The molecule has 1 saturated heterocycles. The summed E-state index contributed by atoms with van der Waals surface area (Å²) in [5, 5.41) is 12.3. The molecule has 4 N–H and O–H groups in total. The van der Waals surface area contributed by atoms with Crippen molar-refractivity contribution in [3.8, 4) is 0 Å². The molecule has 0 spiro atoms. The SMILES string of the molecule is CCC1(O)CN(C(=O)C(CCSC)NC(N)=O)C1. The van der Waals surface area contributed by atoms with Crippen molar-refractivity contribution in [1.29, 1.82) is 0 Å². The van der Waals surface area contributed by atoms with E-state index in [0.717, 1.165) is 5.75 Å². The van der Waals surface area contributed by atoms with Crippen molar-refractivity contribution in [2.75, 3.05) is 25.1 Å². The highest BCUT2D eigenvalue weighted by Gasteiger charge is 2.43. The van der Waals surface area contributed by atoms with Crippen LogP contribution in [0, 0.1) is 0 Å². The number of carbonyl (C=O) groups excluding carboxylic acids is 2. The highest BCUT2D eigenvalue weighted by Crippen LogP contribution is 2.25. The summed E-state index contributed by atoms with van der Waals surface area (Å²) in [6.07, 6.45) is 3.10. The largest absolute Gasteiger partial charge is 0.386 e. The molecular weight excluding hydrogens is 254 g/mol. The summed E-state index contributed by atoms with van der Waals surface area (Å²) < 4.78 is 0. The van der Waals surface area contributed by atoms with Crippen LogP contribution in [0.25, 0.3) is 0 Å². The maximum atomic E-state index is 12.1. The molecule has 0 aromatic carbocycles. The Hall–Kier alpha value is -0.950. The lowest BCUT2D eigenvalue weighted by atomic mass is 9.90. The van der Waals surface area contributed by atoms with Crippen molar-refractivity contribution in [3.63, 3.8) is 0 Å². The molecule has 0 radical (unpaired) electrons. The Morgan fingerprint density at radius 1 is 1.56 bits per heavy atom. The first kappa shape index (κ1) is 15.1. The zero-order valence-electron chi connectivity index (χ0n) is 10.8. The van der Waals surface area contributed by atoms with Crippen LogP contribution in [0.4, 0.5) is 4.79 Å². The maximum absolute atomic E-state index is 12.1. The Balaban J connectivity index is 2.52. The van der Waals surface area contributed by atoms with Gasteiger partial charge in [0.15, 0.2) is 0 Å². The Kier molecular flexibility index (Phi) is 5.28. The number of hydrogen-bond acceptors (Lipinski definition) is 4. The van der Waals surface area contributed by atoms with Crippen LogP contribution in [0.1, 0.15) is 19.8 Å². The molecule has 1 aliphatic heterocycles. The van der Waals surface area contributed by atoms with Gasteiger partial charge < -0.3 is 21.1 Å². The molecule has 0 aliphatic carbocycles. The summed E-state index contributed by atoms with van der Waals surface area (Å²) in [5.41, 5.74) is 4.31. The molecule has 1 rings (SSSR count). The van der Waals surface area contributed by atoms with Gasteiger partial charge >= 0.3 is 6.03 Å². The van der Waals surface area contributed by atoms with Gasteiger partial charge in [0.25, 0.3) is 0 Å². The third-order valence-electron chi connectivity index (χ3n) is 3.17. The fourth-order valence-electron chi connectivity index (χ4n) is 1.93. The molecule has 18 heavy (non-hydrogen) atoms. The minimum absolute atomic E-state index is 0.166.